The monoisotopic (exact) mass is 204 g/mol. The highest BCUT2D eigenvalue weighted by Crippen LogP contribution is 2.26. The van der Waals surface area contributed by atoms with Crippen molar-refractivity contribution in [1.82, 2.24) is 0 Å². The van der Waals surface area contributed by atoms with Gasteiger partial charge in [0.05, 0.1) is 12.7 Å². The minimum atomic E-state index is 0.485. The van der Waals surface area contributed by atoms with Crippen LogP contribution in [0.3, 0.4) is 0 Å². The molecule has 2 rings (SSSR count). The zero-order valence-electron chi connectivity index (χ0n) is 9.49. The van der Waals surface area contributed by atoms with E-state index in [0.29, 0.717) is 6.10 Å². The number of hydrogen-bond acceptors (Lipinski definition) is 1. The van der Waals surface area contributed by atoms with Gasteiger partial charge >= 0.3 is 0 Å². The molecule has 0 aliphatic heterocycles. The molecule has 1 aliphatic carbocycles. The van der Waals surface area contributed by atoms with Gasteiger partial charge in [-0.05, 0) is 24.3 Å². The van der Waals surface area contributed by atoms with Crippen LogP contribution in [-0.2, 0) is 11.3 Å². The molecule has 1 nitrogen and oxygen atoms in total. The van der Waals surface area contributed by atoms with Crippen molar-refractivity contribution in [1.29, 1.82) is 0 Å². The molecular weight excluding hydrogens is 184 g/mol. The van der Waals surface area contributed by atoms with Gasteiger partial charge in [0.15, 0.2) is 0 Å². The summed E-state index contributed by atoms with van der Waals surface area (Å²) in [5.41, 5.74) is 1.29. The second-order valence-electron chi connectivity index (χ2n) is 4.60. The van der Waals surface area contributed by atoms with Crippen LogP contribution in [0.15, 0.2) is 30.3 Å². The fourth-order valence-electron chi connectivity index (χ4n) is 2.31. The molecule has 82 valence electrons. The van der Waals surface area contributed by atoms with Crippen LogP contribution in [0.1, 0.15) is 38.2 Å². The SMILES string of the molecule is C[C@H]1CCCC[C@@H]1OCc1ccccc1. The highest BCUT2D eigenvalue weighted by atomic mass is 16.5. The lowest BCUT2D eigenvalue weighted by molar-refractivity contribution is -0.0154. The quantitative estimate of drug-likeness (QED) is 0.728. The first-order valence-electron chi connectivity index (χ1n) is 6.02. The molecule has 0 radical (unpaired) electrons. The molecule has 1 aliphatic rings. The van der Waals surface area contributed by atoms with Gasteiger partial charge in [-0.25, -0.2) is 0 Å². The maximum Gasteiger partial charge on any atom is 0.0720 e. The smallest absolute Gasteiger partial charge is 0.0720 e. The first-order chi connectivity index (χ1) is 7.36. The average molecular weight is 204 g/mol. The van der Waals surface area contributed by atoms with E-state index in [2.05, 4.69) is 31.2 Å². The number of ether oxygens (including phenoxy) is 1. The van der Waals surface area contributed by atoms with E-state index in [-0.39, 0.29) is 0 Å². The summed E-state index contributed by atoms with van der Waals surface area (Å²) in [5.74, 6) is 0.738. The van der Waals surface area contributed by atoms with E-state index in [1.54, 1.807) is 0 Å². The predicted molar refractivity (Wildman–Crippen MR) is 62.7 cm³/mol. The number of hydrogen-bond donors (Lipinski definition) is 0. The lowest BCUT2D eigenvalue weighted by Gasteiger charge is -2.28. The Kier molecular flexibility index (Phi) is 3.79. The molecule has 0 unspecified atom stereocenters. The summed E-state index contributed by atoms with van der Waals surface area (Å²) in [7, 11) is 0. The predicted octanol–water partition coefficient (Wildman–Crippen LogP) is 3.78. The second-order valence-corrected chi connectivity index (χ2v) is 4.60. The van der Waals surface area contributed by atoms with E-state index in [4.69, 9.17) is 4.74 Å². The summed E-state index contributed by atoms with van der Waals surface area (Å²) in [6.45, 7) is 3.09. The van der Waals surface area contributed by atoms with E-state index >= 15 is 0 Å². The summed E-state index contributed by atoms with van der Waals surface area (Å²) in [4.78, 5) is 0. The molecule has 0 saturated heterocycles. The lowest BCUT2D eigenvalue weighted by Crippen LogP contribution is -2.25. The molecule has 1 heteroatoms. The molecule has 0 N–H and O–H groups in total. The largest absolute Gasteiger partial charge is 0.373 e. The Bertz CT molecular complexity index is 281. The van der Waals surface area contributed by atoms with Gasteiger partial charge in [-0.15, -0.1) is 0 Å². The highest BCUT2D eigenvalue weighted by molar-refractivity contribution is 5.13. The maximum absolute atomic E-state index is 5.98. The molecule has 0 aromatic heterocycles. The molecule has 1 aromatic carbocycles. The second kappa shape index (κ2) is 5.32. The Morgan fingerprint density at radius 3 is 2.60 bits per heavy atom. The number of rotatable bonds is 3. The average Bonchev–Trinajstić information content (AvgIpc) is 2.29. The zero-order valence-corrected chi connectivity index (χ0v) is 9.49. The minimum Gasteiger partial charge on any atom is -0.373 e. The van der Waals surface area contributed by atoms with Crippen molar-refractivity contribution in [2.45, 2.75) is 45.3 Å². The van der Waals surface area contributed by atoms with Crippen LogP contribution in [-0.4, -0.2) is 6.10 Å². The fraction of sp³-hybridized carbons (Fsp3) is 0.571. The van der Waals surface area contributed by atoms with Crippen molar-refractivity contribution < 1.29 is 4.74 Å². The third-order valence-electron chi connectivity index (χ3n) is 3.34. The summed E-state index contributed by atoms with van der Waals surface area (Å²) < 4.78 is 5.98. The third kappa shape index (κ3) is 3.07. The van der Waals surface area contributed by atoms with Crippen LogP contribution in [0, 0.1) is 5.92 Å². The van der Waals surface area contributed by atoms with Crippen LogP contribution >= 0.6 is 0 Å². The standard InChI is InChI=1S/C14H20O/c1-12-7-5-6-10-14(12)15-11-13-8-3-2-4-9-13/h2-4,8-9,12,14H,5-7,10-11H2,1H3/t12-,14-/m0/s1. The zero-order chi connectivity index (χ0) is 10.5. The summed E-state index contributed by atoms with van der Waals surface area (Å²) in [5, 5.41) is 0. The Morgan fingerprint density at radius 1 is 1.13 bits per heavy atom. The van der Waals surface area contributed by atoms with Gasteiger partial charge in [0.1, 0.15) is 0 Å². The van der Waals surface area contributed by atoms with E-state index < -0.39 is 0 Å². The van der Waals surface area contributed by atoms with E-state index in [0.717, 1.165) is 12.5 Å². The van der Waals surface area contributed by atoms with Gasteiger partial charge in [-0.3, -0.25) is 0 Å². The van der Waals surface area contributed by atoms with Crippen molar-refractivity contribution in [3.63, 3.8) is 0 Å². The normalized spacial score (nSPS) is 26.5. The molecule has 15 heavy (non-hydrogen) atoms. The summed E-state index contributed by atoms with van der Waals surface area (Å²) in [6.07, 6.45) is 5.78. The van der Waals surface area contributed by atoms with Gasteiger partial charge in [0, 0.05) is 0 Å². The molecule has 2 atom stereocenters. The molecule has 1 fully saturated rings. The first kappa shape index (κ1) is 10.7. The Labute approximate surface area is 92.5 Å². The van der Waals surface area contributed by atoms with Crippen molar-refractivity contribution in [3.8, 4) is 0 Å². The van der Waals surface area contributed by atoms with E-state index in [9.17, 15) is 0 Å². The van der Waals surface area contributed by atoms with Crippen molar-refractivity contribution in [2.75, 3.05) is 0 Å². The van der Waals surface area contributed by atoms with Crippen LogP contribution in [0.4, 0.5) is 0 Å². The topological polar surface area (TPSA) is 9.23 Å². The Balaban J connectivity index is 1.82. The summed E-state index contributed by atoms with van der Waals surface area (Å²) in [6, 6.07) is 10.5. The van der Waals surface area contributed by atoms with Crippen LogP contribution < -0.4 is 0 Å². The van der Waals surface area contributed by atoms with Crippen molar-refractivity contribution in [3.05, 3.63) is 35.9 Å². The number of benzene rings is 1. The fourth-order valence-corrected chi connectivity index (χ4v) is 2.31. The molecule has 0 heterocycles. The van der Waals surface area contributed by atoms with E-state index in [1.165, 1.54) is 31.2 Å². The van der Waals surface area contributed by atoms with Gasteiger partial charge in [0.2, 0.25) is 0 Å². The molecule has 1 aromatic rings. The third-order valence-corrected chi connectivity index (χ3v) is 3.34. The first-order valence-corrected chi connectivity index (χ1v) is 6.02. The molecule has 1 saturated carbocycles. The van der Waals surface area contributed by atoms with E-state index in [1.807, 2.05) is 6.07 Å². The van der Waals surface area contributed by atoms with Gasteiger partial charge in [-0.2, -0.15) is 0 Å². The Hall–Kier alpha value is -0.820. The molecule has 0 amide bonds. The van der Waals surface area contributed by atoms with Gasteiger partial charge in [0.25, 0.3) is 0 Å². The maximum atomic E-state index is 5.98. The lowest BCUT2D eigenvalue weighted by atomic mass is 9.88. The Morgan fingerprint density at radius 2 is 1.87 bits per heavy atom. The highest BCUT2D eigenvalue weighted by Gasteiger charge is 2.21. The summed E-state index contributed by atoms with van der Waals surface area (Å²) >= 11 is 0. The van der Waals surface area contributed by atoms with Crippen LogP contribution in [0.25, 0.3) is 0 Å². The molecular formula is C14H20O. The molecule has 0 spiro atoms. The van der Waals surface area contributed by atoms with Gasteiger partial charge in [-0.1, -0.05) is 50.1 Å². The minimum absolute atomic E-state index is 0.485. The van der Waals surface area contributed by atoms with Crippen molar-refractivity contribution in [2.24, 2.45) is 5.92 Å². The van der Waals surface area contributed by atoms with Crippen LogP contribution in [0.2, 0.25) is 0 Å². The molecule has 0 bridgehead atoms. The van der Waals surface area contributed by atoms with Crippen LogP contribution in [0.5, 0.6) is 0 Å². The van der Waals surface area contributed by atoms with Crippen molar-refractivity contribution >= 4 is 0 Å². The van der Waals surface area contributed by atoms with Gasteiger partial charge < -0.3 is 4.74 Å².